The molecular weight excluding hydrogens is 282 g/mol. The summed E-state index contributed by atoms with van der Waals surface area (Å²) in [6, 6.07) is 8.37. The summed E-state index contributed by atoms with van der Waals surface area (Å²) in [5.74, 6) is -2.28. The molecule has 1 fully saturated rings. The first kappa shape index (κ1) is 14.1. The Bertz CT molecular complexity index is 573. The molecule has 2 rings (SSSR count). The Morgan fingerprint density at radius 3 is 2.70 bits per heavy atom. The van der Waals surface area contributed by atoms with E-state index in [2.05, 4.69) is 15.8 Å². The molecule has 1 saturated heterocycles. The molecule has 1 aliphatic rings. The molecule has 0 spiro atoms. The molecule has 0 unspecified atom stereocenters. The van der Waals surface area contributed by atoms with Crippen molar-refractivity contribution in [3.05, 3.63) is 35.9 Å². The van der Waals surface area contributed by atoms with Gasteiger partial charge in [-0.05, 0) is 12.1 Å². The number of nitrogens with zero attached hydrogens (tertiary/aromatic N) is 1. The standard InChI is InChI=1S/C12H11N3O4S/c16-9-6-8(11(18)19)20-12(13-9)15-14-10(17)7-4-2-1-3-5-7/h1-5,8H,6H2,(H,14,17)(H,18,19)(H,13,15,16)/p-1/t8-/m0/s1. The highest BCUT2D eigenvalue weighted by molar-refractivity contribution is 8.15. The lowest BCUT2D eigenvalue weighted by Crippen LogP contribution is -2.45. The first-order chi connectivity index (χ1) is 9.56. The topological polar surface area (TPSA) is 111 Å². The van der Waals surface area contributed by atoms with Crippen molar-refractivity contribution in [2.45, 2.75) is 11.7 Å². The first-order valence-electron chi connectivity index (χ1n) is 5.66. The van der Waals surface area contributed by atoms with Gasteiger partial charge in [0.15, 0.2) is 5.17 Å². The van der Waals surface area contributed by atoms with Gasteiger partial charge in [0.1, 0.15) is 0 Å². The number of carboxylic acids is 1. The van der Waals surface area contributed by atoms with Gasteiger partial charge >= 0.3 is 0 Å². The van der Waals surface area contributed by atoms with E-state index < -0.39 is 23.0 Å². The van der Waals surface area contributed by atoms with Crippen LogP contribution in [0.25, 0.3) is 0 Å². The third-order valence-electron chi connectivity index (χ3n) is 2.43. The van der Waals surface area contributed by atoms with Gasteiger partial charge in [0, 0.05) is 12.0 Å². The van der Waals surface area contributed by atoms with Crippen molar-refractivity contribution in [1.29, 1.82) is 0 Å². The van der Waals surface area contributed by atoms with E-state index in [-0.39, 0.29) is 11.6 Å². The fourth-order valence-electron chi connectivity index (χ4n) is 1.49. The van der Waals surface area contributed by atoms with Gasteiger partial charge in [-0.2, -0.15) is 0 Å². The number of carbonyl (C=O) groups excluding carboxylic acids is 3. The van der Waals surface area contributed by atoms with Crippen LogP contribution in [0.4, 0.5) is 0 Å². The number of rotatable bonds is 3. The number of hydrogen-bond donors (Lipinski definition) is 2. The first-order valence-corrected chi connectivity index (χ1v) is 6.54. The zero-order valence-corrected chi connectivity index (χ0v) is 11.0. The Hall–Kier alpha value is -2.35. The molecule has 0 saturated carbocycles. The minimum Gasteiger partial charge on any atom is -0.549 e. The molecule has 1 aromatic carbocycles. The Morgan fingerprint density at radius 2 is 2.05 bits per heavy atom. The van der Waals surface area contributed by atoms with Crippen LogP contribution in [0.3, 0.4) is 0 Å². The summed E-state index contributed by atoms with van der Waals surface area (Å²) in [5.41, 5.74) is 2.65. The lowest BCUT2D eigenvalue weighted by molar-refractivity contribution is -0.304. The van der Waals surface area contributed by atoms with E-state index in [1.807, 2.05) is 0 Å². The van der Waals surface area contributed by atoms with Gasteiger partial charge in [0.25, 0.3) is 5.91 Å². The molecule has 104 valence electrons. The molecule has 0 aromatic heterocycles. The lowest BCUT2D eigenvalue weighted by Gasteiger charge is -2.23. The SMILES string of the molecule is O=C1C[C@@H](C(=O)[O-])S/C(=N/NC(=O)c2ccccc2)N1. The number of amides is 2. The molecule has 2 N–H and O–H groups in total. The van der Waals surface area contributed by atoms with E-state index >= 15 is 0 Å². The van der Waals surface area contributed by atoms with E-state index in [1.54, 1.807) is 30.3 Å². The van der Waals surface area contributed by atoms with Crippen LogP contribution in [-0.2, 0) is 9.59 Å². The number of hydrogen-bond acceptors (Lipinski definition) is 6. The van der Waals surface area contributed by atoms with Crippen LogP contribution in [0.1, 0.15) is 16.8 Å². The van der Waals surface area contributed by atoms with Crippen LogP contribution in [0.15, 0.2) is 35.4 Å². The van der Waals surface area contributed by atoms with E-state index in [0.29, 0.717) is 5.56 Å². The molecule has 1 heterocycles. The predicted octanol–water partition coefficient (Wildman–Crippen LogP) is -0.941. The molecule has 0 bridgehead atoms. The summed E-state index contributed by atoms with van der Waals surface area (Å²) in [7, 11) is 0. The molecule has 1 aliphatic heterocycles. The second kappa shape index (κ2) is 6.20. The van der Waals surface area contributed by atoms with E-state index in [9.17, 15) is 19.5 Å². The van der Waals surface area contributed by atoms with Gasteiger partial charge in [-0.1, -0.05) is 30.0 Å². The number of hydrazone groups is 1. The summed E-state index contributed by atoms with van der Waals surface area (Å²) in [4.78, 5) is 33.8. The smallest absolute Gasteiger partial charge is 0.271 e. The number of aliphatic carboxylic acids is 1. The molecule has 1 aromatic rings. The maximum atomic E-state index is 11.7. The van der Waals surface area contributed by atoms with Crippen molar-refractivity contribution in [1.82, 2.24) is 10.7 Å². The van der Waals surface area contributed by atoms with Gasteiger partial charge < -0.3 is 15.2 Å². The monoisotopic (exact) mass is 292 g/mol. The molecule has 1 atom stereocenters. The molecule has 8 heteroatoms. The van der Waals surface area contributed by atoms with Crippen molar-refractivity contribution in [3.63, 3.8) is 0 Å². The molecule has 0 radical (unpaired) electrons. The number of amidine groups is 1. The Kier molecular flexibility index (Phi) is 4.36. The minimum atomic E-state index is -1.34. The Labute approximate surface area is 118 Å². The van der Waals surface area contributed by atoms with Crippen LogP contribution < -0.4 is 15.8 Å². The van der Waals surface area contributed by atoms with E-state index in [0.717, 1.165) is 11.8 Å². The maximum absolute atomic E-state index is 11.7. The Morgan fingerprint density at radius 1 is 1.35 bits per heavy atom. The van der Waals surface area contributed by atoms with Crippen LogP contribution >= 0.6 is 11.8 Å². The van der Waals surface area contributed by atoms with Gasteiger partial charge in [-0.15, -0.1) is 5.10 Å². The van der Waals surface area contributed by atoms with Crippen molar-refractivity contribution in [2.75, 3.05) is 0 Å². The number of carboxylic acid groups (broad SMARTS) is 1. The number of nitrogens with one attached hydrogen (secondary N) is 2. The van der Waals surface area contributed by atoms with Crippen molar-refractivity contribution < 1.29 is 19.5 Å². The molecule has 20 heavy (non-hydrogen) atoms. The van der Waals surface area contributed by atoms with Crippen LogP contribution in [0.5, 0.6) is 0 Å². The van der Waals surface area contributed by atoms with Crippen LogP contribution in [-0.4, -0.2) is 28.2 Å². The van der Waals surface area contributed by atoms with Gasteiger partial charge in [0.2, 0.25) is 5.91 Å². The fourth-order valence-corrected chi connectivity index (χ4v) is 2.36. The van der Waals surface area contributed by atoms with Crippen molar-refractivity contribution >= 4 is 34.7 Å². The van der Waals surface area contributed by atoms with Crippen molar-refractivity contribution in [2.24, 2.45) is 5.10 Å². The molecule has 7 nitrogen and oxygen atoms in total. The average Bonchev–Trinajstić information content (AvgIpc) is 2.45. The van der Waals surface area contributed by atoms with Gasteiger partial charge in [-0.3, -0.25) is 9.59 Å². The highest BCUT2D eigenvalue weighted by Gasteiger charge is 2.25. The molecular formula is C12H10N3O4S-. The predicted molar refractivity (Wildman–Crippen MR) is 70.5 cm³/mol. The highest BCUT2D eigenvalue weighted by atomic mass is 32.2. The molecule has 2 amide bonds. The quantitative estimate of drug-likeness (QED) is 0.698. The normalized spacial score (nSPS) is 20.3. The number of benzene rings is 1. The third-order valence-corrected chi connectivity index (χ3v) is 3.49. The zero-order chi connectivity index (χ0) is 14.5. The van der Waals surface area contributed by atoms with Crippen LogP contribution in [0, 0.1) is 0 Å². The summed E-state index contributed by atoms with van der Waals surface area (Å²) in [6.45, 7) is 0. The average molecular weight is 292 g/mol. The van der Waals surface area contributed by atoms with Gasteiger partial charge in [0.05, 0.1) is 11.2 Å². The summed E-state index contributed by atoms with van der Waals surface area (Å²) in [6.07, 6.45) is -0.182. The van der Waals surface area contributed by atoms with Gasteiger partial charge in [-0.25, -0.2) is 5.43 Å². The lowest BCUT2D eigenvalue weighted by atomic mass is 10.2. The summed E-state index contributed by atoms with van der Waals surface area (Å²) in [5, 5.41) is 15.9. The van der Waals surface area contributed by atoms with E-state index in [4.69, 9.17) is 0 Å². The number of thioether (sulfide) groups is 1. The van der Waals surface area contributed by atoms with Crippen molar-refractivity contribution in [3.8, 4) is 0 Å². The number of carbonyl (C=O) groups is 3. The largest absolute Gasteiger partial charge is 0.549 e. The third kappa shape index (κ3) is 3.58. The second-order valence-electron chi connectivity index (χ2n) is 3.90. The maximum Gasteiger partial charge on any atom is 0.271 e. The zero-order valence-electron chi connectivity index (χ0n) is 10.2. The summed E-state index contributed by atoms with van der Waals surface area (Å²) < 4.78 is 0. The highest BCUT2D eigenvalue weighted by Crippen LogP contribution is 2.19. The second-order valence-corrected chi connectivity index (χ2v) is 5.09. The molecule has 0 aliphatic carbocycles. The summed E-state index contributed by atoms with van der Waals surface area (Å²) >= 11 is 0.822. The van der Waals surface area contributed by atoms with Crippen LogP contribution in [0.2, 0.25) is 0 Å². The fraction of sp³-hybridized carbons (Fsp3) is 0.167. The van der Waals surface area contributed by atoms with E-state index in [1.165, 1.54) is 0 Å². The minimum absolute atomic E-state index is 0.0275. The Balaban J connectivity index is 2.02.